The largest absolute Gasteiger partial charge is 0.508 e. The molecule has 2 rings (SSSR count). The Morgan fingerprint density at radius 3 is 3.07 bits per heavy atom. The third kappa shape index (κ3) is 1.60. The first-order valence-corrected chi connectivity index (χ1v) is 5.53. The van der Waals surface area contributed by atoms with Crippen LogP contribution in [-0.2, 0) is 0 Å². The Labute approximate surface area is 88.2 Å². The summed E-state index contributed by atoms with van der Waals surface area (Å²) in [6, 6.07) is 5.95. The second-order valence-corrected chi connectivity index (χ2v) is 4.54. The lowest BCUT2D eigenvalue weighted by Gasteiger charge is -2.27. The number of fused-ring (bicyclic) bond motifs is 1. The summed E-state index contributed by atoms with van der Waals surface area (Å²) < 4.78 is 0. The summed E-state index contributed by atoms with van der Waals surface area (Å²) in [5.74, 6) is 1.26. The van der Waals surface area contributed by atoms with Crippen LogP contribution in [0, 0.1) is 0 Å². The zero-order valence-electron chi connectivity index (χ0n) is 8.16. The molecule has 1 heterocycles. The molecule has 1 aromatic rings. The molecule has 0 spiro atoms. The van der Waals surface area contributed by atoms with E-state index in [2.05, 4.69) is 18.5 Å². The highest BCUT2D eigenvalue weighted by Crippen LogP contribution is 2.35. The Bertz CT molecular complexity index is 376. The maximum atomic E-state index is 9.29. The van der Waals surface area contributed by atoms with Gasteiger partial charge in [-0.1, -0.05) is 12.6 Å². The second kappa shape index (κ2) is 3.58. The molecule has 0 aliphatic carbocycles. The number of aliphatic hydroxyl groups excluding tert-OH is 1. The summed E-state index contributed by atoms with van der Waals surface area (Å²) >= 11 is 1.86. The molecular formula is C11H13NOS. The van der Waals surface area contributed by atoms with Gasteiger partial charge in [0.05, 0.1) is 5.69 Å². The van der Waals surface area contributed by atoms with E-state index in [4.69, 9.17) is 0 Å². The number of hydrogen-bond acceptors (Lipinski definition) is 3. The first-order chi connectivity index (χ1) is 6.68. The summed E-state index contributed by atoms with van der Waals surface area (Å²) in [5, 5.41) is 9.29. The number of thioether (sulfide) groups is 1. The van der Waals surface area contributed by atoms with Gasteiger partial charge in [0.15, 0.2) is 0 Å². The van der Waals surface area contributed by atoms with Gasteiger partial charge < -0.3 is 10.0 Å². The van der Waals surface area contributed by atoms with Crippen LogP contribution in [0.4, 0.5) is 5.69 Å². The molecule has 1 aliphatic rings. The van der Waals surface area contributed by atoms with E-state index in [1.807, 2.05) is 30.0 Å². The van der Waals surface area contributed by atoms with Gasteiger partial charge >= 0.3 is 0 Å². The maximum absolute atomic E-state index is 9.29. The number of nitrogens with zero attached hydrogens (tertiary/aromatic N) is 1. The van der Waals surface area contributed by atoms with Crippen molar-refractivity contribution in [2.45, 2.75) is 4.90 Å². The molecule has 0 atom stereocenters. The third-order valence-electron chi connectivity index (χ3n) is 2.39. The van der Waals surface area contributed by atoms with Crippen LogP contribution >= 0.6 is 11.8 Å². The molecule has 1 aromatic carbocycles. The topological polar surface area (TPSA) is 23.5 Å². The van der Waals surface area contributed by atoms with Gasteiger partial charge in [0.1, 0.15) is 5.76 Å². The van der Waals surface area contributed by atoms with E-state index in [-0.39, 0.29) is 5.76 Å². The van der Waals surface area contributed by atoms with E-state index in [0.29, 0.717) is 0 Å². The number of aliphatic hydroxyl groups is 1. The van der Waals surface area contributed by atoms with Crippen molar-refractivity contribution >= 4 is 23.2 Å². The first kappa shape index (κ1) is 9.46. The average Bonchev–Trinajstić information content (AvgIpc) is 2.18. The van der Waals surface area contributed by atoms with Crippen molar-refractivity contribution in [1.82, 2.24) is 0 Å². The molecule has 2 nitrogen and oxygen atoms in total. The lowest BCUT2D eigenvalue weighted by atomic mass is 10.1. The Kier molecular flexibility index (Phi) is 2.42. The van der Waals surface area contributed by atoms with E-state index in [9.17, 15) is 5.11 Å². The lowest BCUT2D eigenvalue weighted by Crippen LogP contribution is -2.24. The number of rotatable bonds is 1. The fourth-order valence-corrected chi connectivity index (χ4v) is 2.64. The van der Waals surface area contributed by atoms with Crippen LogP contribution in [0.1, 0.15) is 5.56 Å². The Morgan fingerprint density at radius 1 is 1.57 bits per heavy atom. The quantitative estimate of drug-likeness (QED) is 0.716. The zero-order chi connectivity index (χ0) is 10.1. The zero-order valence-corrected chi connectivity index (χ0v) is 8.97. The highest BCUT2D eigenvalue weighted by molar-refractivity contribution is 7.99. The number of anilines is 1. The molecular weight excluding hydrogens is 194 g/mol. The molecule has 1 N–H and O–H groups in total. The number of benzene rings is 1. The fourth-order valence-electron chi connectivity index (χ4n) is 1.53. The van der Waals surface area contributed by atoms with Gasteiger partial charge in [0.2, 0.25) is 0 Å². The van der Waals surface area contributed by atoms with Gasteiger partial charge in [-0.05, 0) is 12.1 Å². The molecule has 3 heteroatoms. The predicted molar refractivity (Wildman–Crippen MR) is 62.1 cm³/mol. The van der Waals surface area contributed by atoms with Gasteiger partial charge in [-0.3, -0.25) is 0 Å². The van der Waals surface area contributed by atoms with E-state index in [1.165, 1.54) is 10.6 Å². The second-order valence-electron chi connectivity index (χ2n) is 3.40. The van der Waals surface area contributed by atoms with E-state index >= 15 is 0 Å². The monoisotopic (exact) mass is 207 g/mol. The van der Waals surface area contributed by atoms with Crippen molar-refractivity contribution in [2.75, 3.05) is 24.2 Å². The highest BCUT2D eigenvalue weighted by atomic mass is 32.2. The Hall–Kier alpha value is -1.09. The SMILES string of the molecule is C=C(O)c1ccc2c(c1)N(C)CCS2. The summed E-state index contributed by atoms with van der Waals surface area (Å²) in [6.45, 7) is 4.58. The molecule has 0 saturated heterocycles. The molecule has 0 bridgehead atoms. The minimum absolute atomic E-state index is 0.136. The normalized spacial score (nSPS) is 15.1. The standard InChI is InChI=1S/C11H13NOS/c1-8(13)9-3-4-11-10(7-9)12(2)5-6-14-11/h3-4,7,13H,1,5-6H2,2H3. The summed E-state index contributed by atoms with van der Waals surface area (Å²) in [5.41, 5.74) is 1.99. The molecule has 0 radical (unpaired) electrons. The van der Waals surface area contributed by atoms with E-state index < -0.39 is 0 Å². The third-order valence-corrected chi connectivity index (χ3v) is 3.43. The van der Waals surface area contributed by atoms with Crippen LogP contribution in [0.25, 0.3) is 5.76 Å². The van der Waals surface area contributed by atoms with Gasteiger partial charge in [0, 0.05) is 29.8 Å². The lowest BCUT2D eigenvalue weighted by molar-refractivity contribution is 0.514. The molecule has 0 fully saturated rings. The molecule has 0 unspecified atom stereocenters. The van der Waals surface area contributed by atoms with Crippen LogP contribution in [-0.4, -0.2) is 24.5 Å². The first-order valence-electron chi connectivity index (χ1n) is 4.55. The van der Waals surface area contributed by atoms with Crippen molar-refractivity contribution in [2.24, 2.45) is 0 Å². The maximum Gasteiger partial charge on any atom is 0.115 e. The minimum Gasteiger partial charge on any atom is -0.508 e. The minimum atomic E-state index is 0.136. The van der Waals surface area contributed by atoms with E-state index in [1.54, 1.807) is 0 Å². The average molecular weight is 207 g/mol. The van der Waals surface area contributed by atoms with Crippen molar-refractivity contribution in [1.29, 1.82) is 0 Å². The van der Waals surface area contributed by atoms with E-state index in [0.717, 1.165) is 17.9 Å². The van der Waals surface area contributed by atoms with Crippen molar-refractivity contribution < 1.29 is 5.11 Å². The van der Waals surface area contributed by atoms with Crippen LogP contribution in [0.15, 0.2) is 29.7 Å². The predicted octanol–water partition coefficient (Wildman–Crippen LogP) is 2.76. The van der Waals surface area contributed by atoms with Crippen LogP contribution in [0.2, 0.25) is 0 Å². The van der Waals surface area contributed by atoms with Crippen molar-refractivity contribution in [3.8, 4) is 0 Å². The Morgan fingerprint density at radius 2 is 2.36 bits per heavy atom. The molecule has 0 amide bonds. The fraction of sp³-hybridized carbons (Fsp3) is 0.273. The van der Waals surface area contributed by atoms with Gasteiger partial charge in [-0.25, -0.2) is 0 Å². The molecule has 0 aromatic heterocycles. The van der Waals surface area contributed by atoms with Crippen molar-refractivity contribution in [3.63, 3.8) is 0 Å². The van der Waals surface area contributed by atoms with Crippen LogP contribution < -0.4 is 4.90 Å². The van der Waals surface area contributed by atoms with Gasteiger partial charge in [-0.2, -0.15) is 0 Å². The highest BCUT2D eigenvalue weighted by Gasteiger charge is 2.14. The Balaban J connectivity index is 2.45. The molecule has 74 valence electrons. The summed E-state index contributed by atoms with van der Waals surface area (Å²) in [7, 11) is 2.07. The smallest absolute Gasteiger partial charge is 0.115 e. The molecule has 14 heavy (non-hydrogen) atoms. The van der Waals surface area contributed by atoms with Gasteiger partial charge in [0.25, 0.3) is 0 Å². The number of hydrogen-bond donors (Lipinski definition) is 1. The van der Waals surface area contributed by atoms with Crippen LogP contribution in [0.5, 0.6) is 0 Å². The van der Waals surface area contributed by atoms with Crippen LogP contribution in [0.3, 0.4) is 0 Å². The summed E-state index contributed by atoms with van der Waals surface area (Å²) in [4.78, 5) is 3.49. The molecule has 0 saturated carbocycles. The summed E-state index contributed by atoms with van der Waals surface area (Å²) in [6.07, 6.45) is 0. The van der Waals surface area contributed by atoms with Gasteiger partial charge in [-0.15, -0.1) is 11.8 Å². The molecule has 1 aliphatic heterocycles. The van der Waals surface area contributed by atoms with Crippen molar-refractivity contribution in [3.05, 3.63) is 30.3 Å².